The molecule has 1 atom stereocenters. The lowest BCUT2D eigenvalue weighted by Crippen LogP contribution is -2.41. The molecule has 2 aromatic rings. The summed E-state index contributed by atoms with van der Waals surface area (Å²) in [4.78, 5) is 0.201. The molecule has 0 amide bonds. The lowest BCUT2D eigenvalue weighted by molar-refractivity contribution is 0.180. The Morgan fingerprint density at radius 2 is 2.04 bits per heavy atom. The molecule has 1 aromatic heterocycles. The zero-order valence-corrected chi connectivity index (χ0v) is 14.8. The number of ether oxygens (including phenoxy) is 1. The third kappa shape index (κ3) is 3.47. The maximum absolute atomic E-state index is 12.9. The van der Waals surface area contributed by atoms with Crippen molar-refractivity contribution in [3.05, 3.63) is 41.8 Å². The summed E-state index contributed by atoms with van der Waals surface area (Å²) in [5.41, 5.74) is 0.412. The van der Waals surface area contributed by atoms with Crippen LogP contribution in [0.5, 0.6) is 5.75 Å². The van der Waals surface area contributed by atoms with Crippen LogP contribution < -0.4 is 4.74 Å². The van der Waals surface area contributed by atoms with Crippen LogP contribution in [0.15, 0.2) is 39.8 Å². The first-order valence-corrected chi connectivity index (χ1v) is 9.53. The summed E-state index contributed by atoms with van der Waals surface area (Å²) in [6.07, 6.45) is 1.78. The van der Waals surface area contributed by atoms with E-state index in [1.807, 2.05) is 30.3 Å². The number of hydrogen-bond acceptors (Lipinski definition) is 5. The van der Waals surface area contributed by atoms with Gasteiger partial charge in [-0.15, -0.1) is 0 Å². The number of para-hydroxylation sites is 1. The first-order chi connectivity index (χ1) is 11.5. The molecule has 0 spiro atoms. The van der Waals surface area contributed by atoms with Crippen LogP contribution in [0.2, 0.25) is 0 Å². The number of nitrogens with zero attached hydrogens (tertiary/aromatic N) is 2. The fourth-order valence-electron chi connectivity index (χ4n) is 3.08. The van der Waals surface area contributed by atoms with E-state index < -0.39 is 10.0 Å². The Kier molecular flexibility index (Phi) is 4.91. The summed E-state index contributed by atoms with van der Waals surface area (Å²) in [7, 11) is -3.57. The summed E-state index contributed by atoms with van der Waals surface area (Å²) in [6.45, 7) is 4.78. The molecule has 0 saturated carbocycles. The van der Waals surface area contributed by atoms with Crippen LogP contribution >= 0.6 is 0 Å². The number of aryl methyl sites for hydroxylation is 2. The Hall–Kier alpha value is -1.86. The van der Waals surface area contributed by atoms with Gasteiger partial charge in [-0.05, 0) is 38.8 Å². The van der Waals surface area contributed by atoms with Gasteiger partial charge in [0.05, 0.1) is 6.61 Å². The largest absolute Gasteiger partial charge is 0.493 e. The Bertz CT molecular complexity index is 767. The van der Waals surface area contributed by atoms with Gasteiger partial charge < -0.3 is 9.26 Å². The van der Waals surface area contributed by atoms with Gasteiger partial charge in [-0.25, -0.2) is 8.42 Å². The van der Waals surface area contributed by atoms with Crippen molar-refractivity contribution in [2.24, 2.45) is 5.92 Å². The number of sulfonamides is 1. The predicted octanol–water partition coefficient (Wildman–Crippen LogP) is 2.77. The molecular weight excluding hydrogens is 328 g/mol. The number of benzene rings is 1. The summed E-state index contributed by atoms with van der Waals surface area (Å²) >= 11 is 0. The maximum Gasteiger partial charge on any atom is 0.248 e. The average molecular weight is 350 g/mol. The highest BCUT2D eigenvalue weighted by molar-refractivity contribution is 7.89. The topological polar surface area (TPSA) is 72.6 Å². The van der Waals surface area contributed by atoms with Crippen molar-refractivity contribution in [2.45, 2.75) is 31.6 Å². The van der Waals surface area contributed by atoms with E-state index in [-0.39, 0.29) is 10.8 Å². The number of hydrogen-bond donors (Lipinski definition) is 0. The van der Waals surface area contributed by atoms with Crippen LogP contribution in [0.1, 0.15) is 24.3 Å². The highest BCUT2D eigenvalue weighted by Crippen LogP contribution is 2.28. The van der Waals surface area contributed by atoms with Gasteiger partial charge in [0.15, 0.2) is 5.76 Å². The van der Waals surface area contributed by atoms with Crippen molar-refractivity contribution in [1.29, 1.82) is 0 Å². The number of aromatic nitrogens is 1. The minimum atomic E-state index is -3.57. The first-order valence-electron chi connectivity index (χ1n) is 8.09. The van der Waals surface area contributed by atoms with Crippen LogP contribution in [-0.2, 0) is 10.0 Å². The molecular formula is C17H22N2O4S. The summed E-state index contributed by atoms with van der Waals surface area (Å²) < 4.78 is 38.1. The Morgan fingerprint density at radius 1 is 1.29 bits per heavy atom. The smallest absolute Gasteiger partial charge is 0.248 e. The van der Waals surface area contributed by atoms with Crippen molar-refractivity contribution in [3.8, 4) is 5.75 Å². The summed E-state index contributed by atoms with van der Waals surface area (Å²) in [5.74, 6) is 1.33. The highest BCUT2D eigenvalue weighted by Gasteiger charge is 2.34. The maximum atomic E-state index is 12.9. The van der Waals surface area contributed by atoms with Crippen molar-refractivity contribution in [2.75, 3.05) is 19.7 Å². The van der Waals surface area contributed by atoms with Crippen LogP contribution in [0, 0.1) is 19.8 Å². The third-order valence-electron chi connectivity index (χ3n) is 4.28. The monoisotopic (exact) mass is 350 g/mol. The molecule has 0 N–H and O–H groups in total. The van der Waals surface area contributed by atoms with Gasteiger partial charge in [-0.3, -0.25) is 0 Å². The molecule has 24 heavy (non-hydrogen) atoms. The van der Waals surface area contributed by atoms with Gasteiger partial charge >= 0.3 is 0 Å². The molecule has 0 bridgehead atoms. The molecule has 1 saturated heterocycles. The van der Waals surface area contributed by atoms with E-state index in [9.17, 15) is 8.42 Å². The Morgan fingerprint density at radius 3 is 2.71 bits per heavy atom. The number of rotatable bonds is 5. The molecule has 1 aromatic carbocycles. The molecule has 3 rings (SSSR count). The van der Waals surface area contributed by atoms with E-state index in [1.165, 1.54) is 4.31 Å². The zero-order valence-electron chi connectivity index (χ0n) is 13.9. The van der Waals surface area contributed by atoms with E-state index in [1.54, 1.807) is 13.8 Å². The van der Waals surface area contributed by atoms with Crippen molar-refractivity contribution in [3.63, 3.8) is 0 Å². The van der Waals surface area contributed by atoms with Gasteiger partial charge in [-0.2, -0.15) is 4.31 Å². The molecule has 1 unspecified atom stereocenters. The third-order valence-corrected chi connectivity index (χ3v) is 6.39. The second kappa shape index (κ2) is 6.94. The Labute approximate surface area is 142 Å². The van der Waals surface area contributed by atoms with Gasteiger partial charge in [-0.1, -0.05) is 23.4 Å². The van der Waals surface area contributed by atoms with Gasteiger partial charge in [0, 0.05) is 19.0 Å². The van der Waals surface area contributed by atoms with Crippen LogP contribution in [0.4, 0.5) is 0 Å². The van der Waals surface area contributed by atoms with E-state index in [0.29, 0.717) is 31.2 Å². The summed E-state index contributed by atoms with van der Waals surface area (Å²) in [6, 6.07) is 9.59. The van der Waals surface area contributed by atoms with E-state index in [2.05, 4.69) is 5.16 Å². The van der Waals surface area contributed by atoms with Crippen LogP contribution in [0.3, 0.4) is 0 Å². The van der Waals surface area contributed by atoms with Crippen molar-refractivity contribution >= 4 is 10.0 Å². The Balaban J connectivity index is 1.69. The van der Waals surface area contributed by atoms with Gasteiger partial charge in [0.25, 0.3) is 0 Å². The molecule has 1 fully saturated rings. The normalized spacial score (nSPS) is 19.3. The molecule has 2 heterocycles. The molecule has 1 aliphatic rings. The minimum absolute atomic E-state index is 0.175. The lowest BCUT2D eigenvalue weighted by atomic mass is 10.0. The summed E-state index contributed by atoms with van der Waals surface area (Å²) in [5, 5.41) is 3.77. The molecule has 0 aliphatic carbocycles. The molecule has 130 valence electrons. The van der Waals surface area contributed by atoms with Gasteiger partial charge in [0.1, 0.15) is 16.3 Å². The zero-order chi connectivity index (χ0) is 17.2. The lowest BCUT2D eigenvalue weighted by Gasteiger charge is -2.31. The standard InChI is InChI=1S/C17H22N2O4S/c1-13-17(14(2)23-18-13)24(20,21)19-10-6-7-15(11-19)12-22-16-8-4-3-5-9-16/h3-5,8-9,15H,6-7,10-12H2,1-2H3. The molecule has 6 nitrogen and oxygen atoms in total. The molecule has 1 aliphatic heterocycles. The molecule has 0 radical (unpaired) electrons. The highest BCUT2D eigenvalue weighted by atomic mass is 32.2. The van der Waals surface area contributed by atoms with Gasteiger partial charge in [0.2, 0.25) is 10.0 Å². The van der Waals surface area contributed by atoms with Crippen molar-refractivity contribution in [1.82, 2.24) is 9.46 Å². The fraction of sp³-hybridized carbons (Fsp3) is 0.471. The second-order valence-electron chi connectivity index (χ2n) is 6.15. The number of piperidine rings is 1. The predicted molar refractivity (Wildman–Crippen MR) is 89.4 cm³/mol. The molecule has 7 heteroatoms. The van der Waals surface area contributed by atoms with Crippen LogP contribution in [-0.4, -0.2) is 37.6 Å². The average Bonchev–Trinajstić information content (AvgIpc) is 2.93. The van der Waals surface area contributed by atoms with E-state index in [0.717, 1.165) is 18.6 Å². The van der Waals surface area contributed by atoms with Crippen molar-refractivity contribution < 1.29 is 17.7 Å². The van der Waals surface area contributed by atoms with E-state index in [4.69, 9.17) is 9.26 Å². The van der Waals surface area contributed by atoms with E-state index >= 15 is 0 Å². The van der Waals surface area contributed by atoms with Crippen LogP contribution in [0.25, 0.3) is 0 Å². The first kappa shape index (κ1) is 17.0. The second-order valence-corrected chi connectivity index (χ2v) is 8.02. The quantitative estimate of drug-likeness (QED) is 0.829. The minimum Gasteiger partial charge on any atom is -0.493 e. The SMILES string of the molecule is Cc1noc(C)c1S(=O)(=O)N1CCCC(COc2ccccc2)C1. The fourth-order valence-corrected chi connectivity index (χ4v) is 4.93.